The molecule has 0 aliphatic carbocycles. The number of amides is 1. The van der Waals surface area contributed by atoms with Crippen LogP contribution >= 0.6 is 0 Å². The molecule has 0 unspecified atom stereocenters. The fourth-order valence-electron chi connectivity index (χ4n) is 2.96. The zero-order chi connectivity index (χ0) is 17.6. The van der Waals surface area contributed by atoms with Gasteiger partial charge in [-0.2, -0.15) is 0 Å². The van der Waals surface area contributed by atoms with Crippen LogP contribution < -0.4 is 4.74 Å². The van der Waals surface area contributed by atoms with E-state index in [9.17, 15) is 4.79 Å². The van der Waals surface area contributed by atoms with Crippen LogP contribution in [0.5, 0.6) is 5.75 Å². The summed E-state index contributed by atoms with van der Waals surface area (Å²) in [6.45, 7) is 0. The summed E-state index contributed by atoms with van der Waals surface area (Å²) in [7, 11) is 3.46. The first-order valence-corrected chi connectivity index (χ1v) is 8.22. The van der Waals surface area contributed by atoms with Gasteiger partial charge in [0.15, 0.2) is 0 Å². The van der Waals surface area contributed by atoms with Gasteiger partial charge in [-0.3, -0.25) is 4.79 Å². The van der Waals surface area contributed by atoms with Crippen LogP contribution in [0, 0.1) is 0 Å². The van der Waals surface area contributed by atoms with Gasteiger partial charge in [0.2, 0.25) is 0 Å². The Labute approximate surface area is 148 Å². The lowest BCUT2D eigenvalue weighted by Crippen LogP contribution is -2.32. The van der Waals surface area contributed by atoms with E-state index in [-0.39, 0.29) is 11.9 Å². The molecule has 0 fully saturated rings. The summed E-state index contributed by atoms with van der Waals surface area (Å²) in [5, 5.41) is 0. The van der Waals surface area contributed by atoms with Crippen molar-refractivity contribution in [3.63, 3.8) is 0 Å². The topological polar surface area (TPSA) is 29.5 Å². The van der Waals surface area contributed by atoms with Crippen LogP contribution in [0.3, 0.4) is 0 Å². The molecule has 3 rings (SSSR count). The van der Waals surface area contributed by atoms with Crippen molar-refractivity contribution in [3.8, 4) is 5.75 Å². The molecule has 3 aromatic carbocycles. The van der Waals surface area contributed by atoms with Gasteiger partial charge in [-0.15, -0.1) is 0 Å². The molecule has 0 atom stereocenters. The van der Waals surface area contributed by atoms with Gasteiger partial charge < -0.3 is 9.64 Å². The summed E-state index contributed by atoms with van der Waals surface area (Å²) in [4.78, 5) is 14.8. The number of rotatable bonds is 5. The Kier molecular flexibility index (Phi) is 5.14. The van der Waals surface area contributed by atoms with Gasteiger partial charge in [0, 0.05) is 12.6 Å². The fourth-order valence-corrected chi connectivity index (χ4v) is 2.96. The van der Waals surface area contributed by atoms with Gasteiger partial charge in [0.05, 0.1) is 13.2 Å². The molecule has 3 heteroatoms. The van der Waals surface area contributed by atoms with Crippen molar-refractivity contribution >= 4 is 5.91 Å². The van der Waals surface area contributed by atoms with E-state index in [4.69, 9.17) is 4.74 Å². The highest BCUT2D eigenvalue weighted by atomic mass is 16.5. The lowest BCUT2D eigenvalue weighted by Gasteiger charge is -2.29. The zero-order valence-electron chi connectivity index (χ0n) is 14.4. The zero-order valence-corrected chi connectivity index (χ0v) is 14.4. The Morgan fingerprint density at radius 2 is 1.28 bits per heavy atom. The molecule has 3 aromatic rings. The van der Waals surface area contributed by atoms with Crippen molar-refractivity contribution in [1.29, 1.82) is 0 Å². The molecule has 25 heavy (non-hydrogen) atoms. The minimum Gasteiger partial charge on any atom is -0.497 e. The predicted octanol–water partition coefficient (Wildman–Crippen LogP) is 4.56. The number of ether oxygens (including phenoxy) is 1. The first-order chi connectivity index (χ1) is 12.2. The van der Waals surface area contributed by atoms with Crippen LogP contribution in [0.25, 0.3) is 0 Å². The van der Waals surface area contributed by atoms with Gasteiger partial charge in [0.25, 0.3) is 5.91 Å². The van der Waals surface area contributed by atoms with E-state index in [0.29, 0.717) is 5.56 Å². The molecule has 0 saturated heterocycles. The van der Waals surface area contributed by atoms with Crippen LogP contribution in [0.2, 0.25) is 0 Å². The Morgan fingerprint density at radius 1 is 0.800 bits per heavy atom. The summed E-state index contributed by atoms with van der Waals surface area (Å²) >= 11 is 0. The van der Waals surface area contributed by atoms with Gasteiger partial charge >= 0.3 is 0 Å². The van der Waals surface area contributed by atoms with Crippen molar-refractivity contribution in [3.05, 3.63) is 102 Å². The summed E-state index contributed by atoms with van der Waals surface area (Å²) < 4.78 is 5.17. The second-order valence-electron chi connectivity index (χ2n) is 5.87. The van der Waals surface area contributed by atoms with Crippen LogP contribution in [-0.2, 0) is 0 Å². The molecule has 0 aliphatic rings. The second kappa shape index (κ2) is 7.67. The third-order valence-electron chi connectivity index (χ3n) is 4.28. The summed E-state index contributed by atoms with van der Waals surface area (Å²) in [5.41, 5.74) is 2.80. The van der Waals surface area contributed by atoms with Gasteiger partial charge in [-0.05, 0) is 35.4 Å². The molecule has 0 saturated carbocycles. The van der Waals surface area contributed by atoms with E-state index in [1.807, 2.05) is 43.4 Å². The molecule has 0 heterocycles. The maximum absolute atomic E-state index is 13.0. The molecule has 1 amide bonds. The summed E-state index contributed by atoms with van der Waals surface area (Å²) in [6.07, 6.45) is 0. The molecule has 3 nitrogen and oxygen atoms in total. The van der Waals surface area contributed by atoms with Crippen LogP contribution in [-0.4, -0.2) is 25.0 Å². The molecular formula is C22H21NO2. The number of benzene rings is 3. The van der Waals surface area contributed by atoms with Crippen molar-refractivity contribution in [2.45, 2.75) is 6.04 Å². The van der Waals surface area contributed by atoms with Crippen LogP contribution in [0.1, 0.15) is 27.5 Å². The van der Waals surface area contributed by atoms with E-state index in [1.54, 1.807) is 36.3 Å². The third kappa shape index (κ3) is 3.72. The van der Waals surface area contributed by atoms with E-state index >= 15 is 0 Å². The first kappa shape index (κ1) is 16.8. The Hall–Kier alpha value is -3.07. The number of carbonyl (C=O) groups excluding carboxylic acids is 1. The molecule has 0 aliphatic heterocycles. The van der Waals surface area contributed by atoms with Crippen molar-refractivity contribution in [1.82, 2.24) is 4.90 Å². The lowest BCUT2D eigenvalue weighted by molar-refractivity contribution is 0.0755. The Bertz CT molecular complexity index is 774. The van der Waals surface area contributed by atoms with Gasteiger partial charge in [-0.25, -0.2) is 0 Å². The van der Waals surface area contributed by atoms with E-state index in [2.05, 4.69) is 24.3 Å². The molecule has 0 N–H and O–H groups in total. The average Bonchev–Trinajstić information content (AvgIpc) is 2.69. The number of hydrogen-bond donors (Lipinski definition) is 0. The molecule has 0 radical (unpaired) electrons. The number of nitrogens with zero attached hydrogens (tertiary/aromatic N) is 1. The van der Waals surface area contributed by atoms with Gasteiger partial charge in [-0.1, -0.05) is 60.7 Å². The molecule has 0 spiro atoms. The fraction of sp³-hybridized carbons (Fsp3) is 0.136. The van der Waals surface area contributed by atoms with Crippen molar-refractivity contribution in [2.75, 3.05) is 14.2 Å². The highest BCUT2D eigenvalue weighted by Crippen LogP contribution is 2.29. The highest BCUT2D eigenvalue weighted by Gasteiger charge is 2.24. The third-order valence-corrected chi connectivity index (χ3v) is 4.28. The van der Waals surface area contributed by atoms with E-state index < -0.39 is 0 Å². The molecular weight excluding hydrogens is 310 g/mol. The monoisotopic (exact) mass is 331 g/mol. The minimum atomic E-state index is -0.142. The average molecular weight is 331 g/mol. The first-order valence-electron chi connectivity index (χ1n) is 8.22. The predicted molar refractivity (Wildman–Crippen MR) is 99.8 cm³/mol. The standard InChI is InChI=1S/C22H21NO2/c1-23(22(24)19-13-15-20(25-2)16-14-19)21(17-9-5-3-6-10-17)18-11-7-4-8-12-18/h3-16,21H,1-2H3. The quantitative estimate of drug-likeness (QED) is 0.686. The van der Waals surface area contributed by atoms with Crippen molar-refractivity contribution < 1.29 is 9.53 Å². The number of methoxy groups -OCH3 is 1. The number of carbonyl (C=O) groups is 1. The normalized spacial score (nSPS) is 10.5. The maximum Gasteiger partial charge on any atom is 0.254 e. The summed E-state index contributed by atoms with van der Waals surface area (Å²) in [6, 6.07) is 27.2. The Balaban J connectivity index is 1.96. The number of hydrogen-bond acceptors (Lipinski definition) is 2. The van der Waals surface area contributed by atoms with Crippen molar-refractivity contribution in [2.24, 2.45) is 0 Å². The highest BCUT2D eigenvalue weighted by molar-refractivity contribution is 5.94. The molecule has 0 bridgehead atoms. The van der Waals surface area contributed by atoms with E-state index in [0.717, 1.165) is 16.9 Å². The van der Waals surface area contributed by atoms with Crippen LogP contribution in [0.15, 0.2) is 84.9 Å². The minimum absolute atomic E-state index is 0.0274. The summed E-state index contributed by atoms with van der Waals surface area (Å²) in [5.74, 6) is 0.710. The second-order valence-corrected chi connectivity index (χ2v) is 5.87. The smallest absolute Gasteiger partial charge is 0.254 e. The Morgan fingerprint density at radius 3 is 1.72 bits per heavy atom. The maximum atomic E-state index is 13.0. The molecule has 126 valence electrons. The van der Waals surface area contributed by atoms with Crippen LogP contribution in [0.4, 0.5) is 0 Å². The van der Waals surface area contributed by atoms with Gasteiger partial charge in [0.1, 0.15) is 5.75 Å². The largest absolute Gasteiger partial charge is 0.497 e. The van der Waals surface area contributed by atoms with E-state index in [1.165, 1.54) is 0 Å². The lowest BCUT2D eigenvalue weighted by atomic mass is 9.97. The SMILES string of the molecule is COc1ccc(C(=O)N(C)C(c2ccccc2)c2ccccc2)cc1. The molecule has 0 aromatic heterocycles.